The third-order valence-corrected chi connectivity index (χ3v) is 9.17. The first kappa shape index (κ1) is 28.0. The standard InChI is InChI=1S/C29H40FN7O4/c1-40-19-4-5-23-24(14-19)41-28-25(33-6-2-10-35-12-8-31-17-35)22(30)15-20-26(28)37(23)16-21(27(20)38)29(39)34-7-3-11-36-13-9-32-18-36/h8-9,12-13,16-20,22-26,28,33H,2-7,10-11,14-15H2,1H3,(H,34,39). The average Bonchev–Trinajstić information content (AvgIpc) is 3.70. The van der Waals surface area contributed by atoms with Gasteiger partial charge in [-0.1, -0.05) is 0 Å². The highest BCUT2D eigenvalue weighted by Crippen LogP contribution is 2.45. The molecule has 8 unspecified atom stereocenters. The molecule has 0 radical (unpaired) electrons. The van der Waals surface area contributed by atoms with Crippen molar-refractivity contribution < 1.29 is 23.5 Å². The van der Waals surface area contributed by atoms with Gasteiger partial charge < -0.3 is 34.1 Å². The van der Waals surface area contributed by atoms with Crippen molar-refractivity contribution >= 4 is 11.7 Å². The Bertz CT molecular complexity index is 1210. The molecule has 2 aromatic heterocycles. The summed E-state index contributed by atoms with van der Waals surface area (Å²) in [5, 5.41) is 6.34. The average molecular weight is 570 g/mol. The van der Waals surface area contributed by atoms with E-state index in [4.69, 9.17) is 9.47 Å². The van der Waals surface area contributed by atoms with E-state index in [-0.39, 0.29) is 48.0 Å². The molecule has 0 bridgehead atoms. The monoisotopic (exact) mass is 569 g/mol. The van der Waals surface area contributed by atoms with Crippen molar-refractivity contribution in [3.05, 3.63) is 49.2 Å². The highest BCUT2D eigenvalue weighted by atomic mass is 19.1. The number of hydrogen-bond acceptors (Lipinski definition) is 8. The summed E-state index contributed by atoms with van der Waals surface area (Å²) in [5.41, 5.74) is 0.126. The predicted octanol–water partition coefficient (Wildman–Crippen LogP) is 1.46. The molecular weight excluding hydrogens is 529 g/mol. The van der Waals surface area contributed by atoms with E-state index in [9.17, 15) is 9.59 Å². The summed E-state index contributed by atoms with van der Waals surface area (Å²) in [7, 11) is 1.71. The van der Waals surface area contributed by atoms with E-state index in [2.05, 4.69) is 25.5 Å². The molecule has 1 amide bonds. The van der Waals surface area contributed by atoms with Crippen molar-refractivity contribution in [3.8, 4) is 0 Å². The Balaban J connectivity index is 1.18. The molecule has 2 N–H and O–H groups in total. The number of nitrogens with one attached hydrogen (secondary N) is 2. The lowest BCUT2D eigenvalue weighted by molar-refractivity contribution is -0.206. The van der Waals surface area contributed by atoms with Crippen molar-refractivity contribution in [1.29, 1.82) is 0 Å². The maximum Gasteiger partial charge on any atom is 0.256 e. The van der Waals surface area contributed by atoms with E-state index in [1.54, 1.807) is 38.4 Å². The van der Waals surface area contributed by atoms with Gasteiger partial charge >= 0.3 is 0 Å². The molecule has 2 aliphatic heterocycles. The minimum absolute atomic E-state index is 0.0142. The molecule has 0 aromatic carbocycles. The van der Waals surface area contributed by atoms with Crippen LogP contribution in [0.1, 0.15) is 38.5 Å². The summed E-state index contributed by atoms with van der Waals surface area (Å²) in [4.78, 5) is 37.3. The molecule has 12 heteroatoms. The van der Waals surface area contributed by atoms with E-state index in [0.717, 1.165) is 25.8 Å². The Morgan fingerprint density at radius 1 is 1.10 bits per heavy atom. The lowest BCUT2D eigenvalue weighted by atomic mass is 9.69. The number of amides is 1. The fraction of sp³-hybridized carbons (Fsp3) is 0.655. The van der Waals surface area contributed by atoms with Crippen LogP contribution in [0.2, 0.25) is 0 Å². The highest BCUT2D eigenvalue weighted by Gasteiger charge is 2.58. The molecule has 2 saturated carbocycles. The number of imidazole rings is 2. The zero-order valence-corrected chi connectivity index (χ0v) is 23.5. The molecule has 6 rings (SSSR count). The summed E-state index contributed by atoms with van der Waals surface area (Å²) in [5.74, 6) is -1.30. The molecule has 222 valence electrons. The minimum Gasteiger partial charge on any atom is -0.381 e. The fourth-order valence-electron chi connectivity index (χ4n) is 7.12. The predicted molar refractivity (Wildman–Crippen MR) is 147 cm³/mol. The van der Waals surface area contributed by atoms with Gasteiger partial charge in [0.2, 0.25) is 0 Å². The molecule has 4 aliphatic rings. The topological polar surface area (TPSA) is 116 Å². The molecule has 0 spiro atoms. The first-order valence-electron chi connectivity index (χ1n) is 14.8. The van der Waals surface area contributed by atoms with Gasteiger partial charge in [-0.3, -0.25) is 9.59 Å². The molecule has 2 aromatic rings. The minimum atomic E-state index is -1.27. The van der Waals surface area contributed by atoms with Crippen LogP contribution in [-0.2, 0) is 32.2 Å². The van der Waals surface area contributed by atoms with Crippen LogP contribution >= 0.6 is 0 Å². The molecule has 11 nitrogen and oxygen atoms in total. The van der Waals surface area contributed by atoms with Gasteiger partial charge in [-0.15, -0.1) is 0 Å². The second kappa shape index (κ2) is 12.4. The summed E-state index contributed by atoms with van der Waals surface area (Å²) < 4.78 is 32.2. The van der Waals surface area contributed by atoms with Crippen LogP contribution in [0.4, 0.5) is 4.39 Å². The molecular formula is C29H40FN7O4. The number of carbonyl (C=O) groups excluding carboxylic acids is 2. The van der Waals surface area contributed by atoms with E-state index < -0.39 is 24.2 Å². The zero-order chi connectivity index (χ0) is 28.3. The number of aryl methyl sites for hydroxylation is 2. The van der Waals surface area contributed by atoms with Crippen molar-refractivity contribution in [2.24, 2.45) is 5.92 Å². The third kappa shape index (κ3) is 5.82. The Hall–Kier alpha value is -3.09. The first-order valence-corrected chi connectivity index (χ1v) is 14.8. The molecule has 8 atom stereocenters. The lowest BCUT2D eigenvalue weighted by Gasteiger charge is -2.59. The number of Topliss-reactive ketones (excluding diaryl/α,β-unsaturated/α-hetero) is 1. The molecule has 1 saturated heterocycles. The Morgan fingerprint density at radius 3 is 2.51 bits per heavy atom. The van der Waals surface area contributed by atoms with Gasteiger partial charge in [0.1, 0.15) is 6.17 Å². The number of rotatable bonds is 11. The van der Waals surface area contributed by atoms with Crippen LogP contribution in [0.15, 0.2) is 49.2 Å². The van der Waals surface area contributed by atoms with E-state index in [1.807, 2.05) is 21.5 Å². The van der Waals surface area contributed by atoms with Crippen LogP contribution in [0.3, 0.4) is 0 Å². The van der Waals surface area contributed by atoms with Crippen molar-refractivity contribution in [1.82, 2.24) is 34.6 Å². The second-order valence-electron chi connectivity index (χ2n) is 11.6. The van der Waals surface area contributed by atoms with Gasteiger partial charge in [-0.2, -0.15) is 0 Å². The number of halogens is 1. The Labute approximate surface area is 239 Å². The maximum absolute atomic E-state index is 15.9. The van der Waals surface area contributed by atoms with E-state index in [0.29, 0.717) is 32.5 Å². The summed E-state index contributed by atoms with van der Waals surface area (Å²) in [6, 6.07) is -0.829. The summed E-state index contributed by atoms with van der Waals surface area (Å²) >= 11 is 0. The number of methoxy groups -OCH3 is 1. The number of nitrogens with zero attached hydrogens (tertiary/aromatic N) is 5. The van der Waals surface area contributed by atoms with Gasteiger partial charge in [-0.25, -0.2) is 14.4 Å². The van der Waals surface area contributed by atoms with Crippen LogP contribution < -0.4 is 10.6 Å². The SMILES string of the molecule is COC1CCC2C(C1)OC1C(NCCCn3ccnc3)C(F)CC3C(=O)C(C(=O)NCCCn4ccnc4)=CN2C31. The lowest BCUT2D eigenvalue weighted by Crippen LogP contribution is -2.73. The smallest absolute Gasteiger partial charge is 0.256 e. The highest BCUT2D eigenvalue weighted by molar-refractivity contribution is 6.20. The molecule has 41 heavy (non-hydrogen) atoms. The molecule has 4 heterocycles. The van der Waals surface area contributed by atoms with Crippen molar-refractivity contribution in [3.63, 3.8) is 0 Å². The molecule has 2 aliphatic carbocycles. The van der Waals surface area contributed by atoms with Crippen LogP contribution in [0, 0.1) is 5.92 Å². The Morgan fingerprint density at radius 2 is 1.83 bits per heavy atom. The van der Waals surface area contributed by atoms with Crippen LogP contribution in [0.25, 0.3) is 0 Å². The fourth-order valence-corrected chi connectivity index (χ4v) is 7.12. The van der Waals surface area contributed by atoms with Gasteiger partial charge in [0, 0.05) is 70.1 Å². The number of ketones is 1. The largest absolute Gasteiger partial charge is 0.381 e. The normalized spacial score (nSPS) is 32.7. The third-order valence-electron chi connectivity index (χ3n) is 9.17. The zero-order valence-electron chi connectivity index (χ0n) is 23.5. The summed E-state index contributed by atoms with van der Waals surface area (Å²) in [6.45, 7) is 2.54. The van der Waals surface area contributed by atoms with Gasteiger partial charge in [0.05, 0.1) is 54.7 Å². The second-order valence-corrected chi connectivity index (χ2v) is 11.6. The van der Waals surface area contributed by atoms with Crippen molar-refractivity contribution in [2.75, 3.05) is 20.2 Å². The number of alkyl halides is 1. The number of aromatic nitrogens is 4. The van der Waals surface area contributed by atoms with Crippen LogP contribution in [0.5, 0.6) is 0 Å². The Kier molecular flexibility index (Phi) is 8.50. The molecule has 3 fully saturated rings. The number of hydrogen-bond donors (Lipinski definition) is 2. The first-order chi connectivity index (χ1) is 20.0. The maximum atomic E-state index is 15.9. The van der Waals surface area contributed by atoms with Crippen LogP contribution in [-0.4, -0.2) is 98.5 Å². The van der Waals surface area contributed by atoms with Gasteiger partial charge in [0.15, 0.2) is 5.78 Å². The van der Waals surface area contributed by atoms with Gasteiger partial charge in [0.25, 0.3) is 5.91 Å². The number of carbonyl (C=O) groups is 2. The van der Waals surface area contributed by atoms with Gasteiger partial charge in [-0.05, 0) is 38.6 Å². The number of morpholine rings is 1. The quantitative estimate of drug-likeness (QED) is 0.309. The van der Waals surface area contributed by atoms with Crippen molar-refractivity contribution in [2.45, 2.75) is 94.2 Å². The van der Waals surface area contributed by atoms with E-state index in [1.165, 1.54) is 0 Å². The van der Waals surface area contributed by atoms with E-state index >= 15 is 4.39 Å². The summed E-state index contributed by atoms with van der Waals surface area (Å²) in [6.07, 6.45) is 14.6. The number of fused-ring (bicyclic) bond motifs is 2. The number of ether oxygens (including phenoxy) is 2.